The molecule has 2 heterocycles. The van der Waals surface area contributed by atoms with Crippen LogP contribution in [0.5, 0.6) is 0 Å². The molecule has 6 amide bonds. The number of unbranched alkanes of at least 4 members (excludes halogenated alkanes) is 1. The van der Waals surface area contributed by atoms with Gasteiger partial charge in [0.2, 0.25) is 11.8 Å². The fraction of sp³-hybridized carbons (Fsp3) is 0.734. The number of urea groups is 1. The SMILES string of the molecule is CC(C)(C)OC(=O)N[C@H]1CC[C@H](N(C(=O)O)C2CC2c2ccc(-c3cccc(CCC(=O)NCCOCCOCCOCCOCCOCCOCCOCCOCCOCCOCCOCCNC(=O)CCCC[C@@H]4SC[C@@H]5NC(=O)N[C@@H]54)c3)cc2)CC1. The zero-order valence-electron chi connectivity index (χ0n) is 52.9. The molecule has 25 heteroatoms. The fourth-order valence-electron chi connectivity index (χ4n) is 10.8. The Bertz CT molecular complexity index is 2310. The van der Waals surface area contributed by atoms with E-state index in [0.717, 1.165) is 53.7 Å². The van der Waals surface area contributed by atoms with Crippen LogP contribution in [0.15, 0.2) is 48.5 Å². The molecule has 6 N–H and O–H groups in total. The highest BCUT2D eigenvalue weighted by molar-refractivity contribution is 8.00. The van der Waals surface area contributed by atoms with Crippen LogP contribution in [-0.4, -0.2) is 245 Å². The lowest BCUT2D eigenvalue weighted by molar-refractivity contribution is -0.122. The van der Waals surface area contributed by atoms with Gasteiger partial charge in [-0.05, 0) is 94.4 Å². The molecule has 2 saturated carbocycles. The summed E-state index contributed by atoms with van der Waals surface area (Å²) in [6.07, 6.45) is 6.57. The van der Waals surface area contributed by atoms with Gasteiger partial charge in [-0.1, -0.05) is 55.0 Å². The van der Waals surface area contributed by atoms with Gasteiger partial charge in [0.1, 0.15) is 5.60 Å². The Morgan fingerprint density at radius 3 is 1.56 bits per heavy atom. The number of alkyl carbamates (subject to hydrolysis) is 1. The average Bonchev–Trinajstić information content (AvgIpc) is 1.73. The molecule has 2 aliphatic carbocycles. The van der Waals surface area contributed by atoms with E-state index in [0.29, 0.717) is 209 Å². The second-order valence-corrected chi connectivity index (χ2v) is 24.6. The minimum atomic E-state index is -0.886. The van der Waals surface area contributed by atoms with Gasteiger partial charge in [0.05, 0.1) is 157 Å². The first-order valence-electron chi connectivity index (χ1n) is 32.1. The van der Waals surface area contributed by atoms with E-state index < -0.39 is 17.8 Å². The van der Waals surface area contributed by atoms with E-state index >= 15 is 0 Å². The lowest BCUT2D eigenvalue weighted by Gasteiger charge is -2.36. The van der Waals surface area contributed by atoms with Crippen LogP contribution in [-0.2, 0) is 72.9 Å². The maximum atomic E-state index is 12.6. The van der Waals surface area contributed by atoms with Crippen molar-refractivity contribution in [3.8, 4) is 11.1 Å². The molecule has 2 unspecified atom stereocenters. The highest BCUT2D eigenvalue weighted by Gasteiger charge is 2.48. The first-order chi connectivity index (χ1) is 43.3. The lowest BCUT2D eigenvalue weighted by Crippen LogP contribution is -2.47. The first kappa shape index (κ1) is 73.2. The zero-order chi connectivity index (χ0) is 63.2. The largest absolute Gasteiger partial charge is 0.465 e. The number of hydrogen-bond donors (Lipinski definition) is 6. The van der Waals surface area contributed by atoms with Crippen molar-refractivity contribution in [2.45, 2.75) is 138 Å². The number of benzene rings is 2. The van der Waals surface area contributed by atoms with Gasteiger partial charge in [0.15, 0.2) is 0 Å². The minimum absolute atomic E-state index is 0.0195. The Kier molecular flexibility index (Phi) is 35.4. The van der Waals surface area contributed by atoms with Gasteiger partial charge in [-0.25, -0.2) is 14.4 Å². The van der Waals surface area contributed by atoms with Crippen LogP contribution in [0.2, 0.25) is 0 Å². The molecule has 0 spiro atoms. The minimum Gasteiger partial charge on any atom is -0.465 e. The van der Waals surface area contributed by atoms with Crippen molar-refractivity contribution < 1.29 is 85.9 Å². The number of thioether (sulfide) groups is 1. The molecule has 0 radical (unpaired) electrons. The standard InChI is InChI=1S/C64H102N6O18S/c1-64(2,3)88-62(74)67-52-16-18-53(19-17-52)70(63(75)76)56-46-54(56)50-14-12-49(13-15-50)51-8-6-7-48(45-51)11-20-59(72)66-22-24-78-26-28-80-30-32-82-34-36-84-38-40-86-42-44-87-43-41-85-39-37-83-35-33-81-31-29-79-27-25-77-23-21-65-58(71)10-5-4-9-57-60-55(47-89-57)68-61(73)69-60/h6-8,12-15,45,52-57,60H,4-5,9-11,16-44,46-47H2,1-3H3,(H,65,71)(H,66,72)(H,67,74)(H,75,76)(H2,68,69,73)/t52-,53-,54?,55-,56?,57-,60-/m0/s1. The van der Waals surface area contributed by atoms with E-state index in [2.05, 4.69) is 63.0 Å². The van der Waals surface area contributed by atoms with E-state index in [1.54, 1.807) is 4.90 Å². The van der Waals surface area contributed by atoms with Gasteiger partial charge in [-0.3, -0.25) is 9.59 Å². The number of aryl methyl sites for hydroxylation is 1. The number of nitrogens with one attached hydrogen (secondary N) is 5. The third kappa shape index (κ3) is 30.9. The number of hydrogen-bond acceptors (Lipinski definition) is 18. The molecular weight excluding hydrogens is 1170 g/mol. The molecule has 502 valence electrons. The summed E-state index contributed by atoms with van der Waals surface area (Å²) in [6.45, 7) is 16.3. The Hall–Kier alpha value is -4.90. The van der Waals surface area contributed by atoms with Crippen LogP contribution < -0.4 is 26.6 Å². The van der Waals surface area contributed by atoms with Gasteiger partial charge in [-0.2, -0.15) is 11.8 Å². The highest BCUT2D eigenvalue weighted by Crippen LogP contribution is 2.47. The topological polar surface area (TPSA) is 280 Å². The van der Waals surface area contributed by atoms with Crippen LogP contribution >= 0.6 is 11.8 Å². The summed E-state index contributed by atoms with van der Waals surface area (Å²) in [4.78, 5) is 62.6. The second kappa shape index (κ2) is 43.0. The van der Waals surface area contributed by atoms with Crippen molar-refractivity contribution in [2.24, 2.45) is 0 Å². The van der Waals surface area contributed by atoms with Crippen molar-refractivity contribution in [3.63, 3.8) is 0 Å². The number of carbonyl (C=O) groups excluding carboxylic acids is 4. The quantitative estimate of drug-likeness (QED) is 0.0322. The number of ether oxygens (including phenoxy) is 12. The molecule has 4 fully saturated rings. The number of nitrogens with zero attached hydrogens (tertiary/aromatic N) is 1. The van der Waals surface area contributed by atoms with Gasteiger partial charge in [0, 0.05) is 61.0 Å². The summed E-state index contributed by atoms with van der Waals surface area (Å²) >= 11 is 1.90. The van der Waals surface area contributed by atoms with E-state index in [1.807, 2.05) is 44.7 Å². The molecule has 2 aromatic rings. The van der Waals surface area contributed by atoms with Gasteiger partial charge in [-0.15, -0.1) is 0 Å². The molecule has 0 bridgehead atoms. The summed E-state index contributed by atoms with van der Waals surface area (Å²) in [7, 11) is 0. The molecule has 2 saturated heterocycles. The van der Waals surface area contributed by atoms with Crippen LogP contribution in [0.25, 0.3) is 11.1 Å². The number of carboxylic acid groups (broad SMARTS) is 1. The van der Waals surface area contributed by atoms with Crippen molar-refractivity contribution in [1.29, 1.82) is 0 Å². The van der Waals surface area contributed by atoms with Crippen molar-refractivity contribution in [1.82, 2.24) is 31.5 Å². The maximum Gasteiger partial charge on any atom is 0.407 e. The van der Waals surface area contributed by atoms with Crippen molar-refractivity contribution in [3.05, 3.63) is 59.7 Å². The zero-order valence-corrected chi connectivity index (χ0v) is 53.7. The highest BCUT2D eigenvalue weighted by atomic mass is 32.2. The van der Waals surface area contributed by atoms with Gasteiger partial charge in [0.25, 0.3) is 0 Å². The smallest absolute Gasteiger partial charge is 0.407 e. The number of amides is 6. The van der Waals surface area contributed by atoms with E-state index in [-0.39, 0.29) is 54.0 Å². The molecule has 5 atom stereocenters. The second-order valence-electron chi connectivity index (χ2n) is 23.4. The Morgan fingerprint density at radius 2 is 1.08 bits per heavy atom. The van der Waals surface area contributed by atoms with Crippen molar-refractivity contribution in [2.75, 3.05) is 164 Å². The molecule has 24 nitrogen and oxygen atoms in total. The molecule has 2 aromatic carbocycles. The van der Waals surface area contributed by atoms with E-state index in [1.165, 1.54) is 0 Å². The molecule has 6 rings (SSSR count). The molecular formula is C64H102N6O18S. The number of carbonyl (C=O) groups is 5. The summed E-state index contributed by atoms with van der Waals surface area (Å²) in [5.41, 5.74) is 3.75. The molecule has 2 aliphatic heterocycles. The third-order valence-corrected chi connectivity index (χ3v) is 16.8. The molecule has 89 heavy (non-hydrogen) atoms. The maximum absolute atomic E-state index is 12.6. The van der Waals surface area contributed by atoms with Crippen LogP contribution in [0, 0.1) is 0 Å². The van der Waals surface area contributed by atoms with Crippen LogP contribution in [0.4, 0.5) is 14.4 Å². The molecule has 0 aromatic heterocycles. The van der Waals surface area contributed by atoms with Gasteiger partial charge < -0.3 is 93.4 Å². The van der Waals surface area contributed by atoms with Crippen LogP contribution in [0.1, 0.15) is 102 Å². The molecule has 4 aliphatic rings. The Balaban J connectivity index is 0.613. The summed E-state index contributed by atoms with van der Waals surface area (Å²) in [6, 6.07) is 16.8. The summed E-state index contributed by atoms with van der Waals surface area (Å²) in [5.74, 6) is 1.10. The monoisotopic (exact) mass is 1270 g/mol. The predicted molar refractivity (Wildman–Crippen MR) is 336 cm³/mol. The number of fused-ring (bicyclic) bond motifs is 1. The normalized spacial score (nSPS) is 20.3. The lowest BCUT2D eigenvalue weighted by atomic mass is 9.90. The Labute approximate surface area is 530 Å². The Morgan fingerprint density at radius 1 is 0.596 bits per heavy atom. The average molecular weight is 1280 g/mol. The van der Waals surface area contributed by atoms with Gasteiger partial charge >= 0.3 is 18.2 Å². The third-order valence-electron chi connectivity index (χ3n) is 15.3. The first-order valence-corrected chi connectivity index (χ1v) is 33.1. The fourth-order valence-corrected chi connectivity index (χ4v) is 12.3. The van der Waals surface area contributed by atoms with Crippen LogP contribution in [0.3, 0.4) is 0 Å². The summed E-state index contributed by atoms with van der Waals surface area (Å²) in [5, 5.41) is 25.4. The summed E-state index contributed by atoms with van der Waals surface area (Å²) < 4.78 is 66.4. The van der Waals surface area contributed by atoms with E-state index in [4.69, 9.17) is 56.8 Å². The van der Waals surface area contributed by atoms with E-state index in [9.17, 15) is 29.1 Å². The number of rotatable bonds is 49. The van der Waals surface area contributed by atoms with Crippen molar-refractivity contribution >= 4 is 41.8 Å². The predicted octanol–water partition coefficient (Wildman–Crippen LogP) is 6.10.